The van der Waals surface area contributed by atoms with Crippen LogP contribution in [0.5, 0.6) is 0 Å². The maximum atomic E-state index is 13.6. The lowest BCUT2D eigenvalue weighted by molar-refractivity contribution is -0.125. The predicted molar refractivity (Wildman–Crippen MR) is 142 cm³/mol. The molecule has 1 aromatic carbocycles. The average Bonchev–Trinajstić information content (AvgIpc) is 3.44. The van der Waals surface area contributed by atoms with Crippen LogP contribution < -0.4 is 15.1 Å². The first kappa shape index (κ1) is 24.9. The van der Waals surface area contributed by atoms with E-state index in [0.29, 0.717) is 47.4 Å². The lowest BCUT2D eigenvalue weighted by Crippen LogP contribution is -2.41. The Morgan fingerprint density at radius 3 is 2.75 bits per heavy atom. The number of thiophene rings is 1. The molecule has 0 spiro atoms. The molecule has 2 fully saturated rings. The van der Waals surface area contributed by atoms with Gasteiger partial charge in [0.05, 0.1) is 37.9 Å². The van der Waals surface area contributed by atoms with Crippen molar-refractivity contribution in [1.29, 1.82) is 0 Å². The van der Waals surface area contributed by atoms with Crippen LogP contribution in [0.15, 0.2) is 58.5 Å². The molecular weight excluding hydrogens is 568 g/mol. The quantitative estimate of drug-likeness (QED) is 0.471. The summed E-state index contributed by atoms with van der Waals surface area (Å²) in [6, 6.07) is 13.9. The monoisotopic (exact) mass is 588 g/mol. The van der Waals surface area contributed by atoms with Crippen molar-refractivity contribution in [3.63, 3.8) is 0 Å². The zero-order valence-corrected chi connectivity index (χ0v) is 22.2. The second-order valence-corrected chi connectivity index (χ2v) is 11.4. The highest BCUT2D eigenvalue weighted by Crippen LogP contribution is 2.35. The standard InChI is InChI=1S/C25H22BrClN4O4S/c26-22-7-6-21(36-22)24(33)29-19-13-31(25(34)17(19)11-15-3-1-2-8-28-15)16-4-5-20(18(27)12-16)30-9-10-35-14-23(30)32/h1-8,12,17,19H,9-11,13-14H2,(H,29,33). The molecule has 1 N–H and O–H groups in total. The third kappa shape index (κ3) is 5.17. The molecule has 0 radical (unpaired) electrons. The number of anilines is 2. The Balaban J connectivity index is 1.40. The number of ether oxygens (including phenoxy) is 1. The Bertz CT molecular complexity index is 1300. The van der Waals surface area contributed by atoms with Gasteiger partial charge < -0.3 is 19.9 Å². The number of nitrogens with zero attached hydrogens (tertiary/aromatic N) is 3. The molecule has 0 aliphatic carbocycles. The molecule has 36 heavy (non-hydrogen) atoms. The number of rotatable bonds is 6. The molecule has 4 heterocycles. The number of hydrogen-bond acceptors (Lipinski definition) is 6. The number of amides is 3. The molecule has 3 aromatic rings. The third-order valence-corrected chi connectivity index (χ3v) is 8.16. The van der Waals surface area contributed by atoms with E-state index in [9.17, 15) is 14.4 Å². The molecule has 11 heteroatoms. The smallest absolute Gasteiger partial charge is 0.261 e. The Kier molecular flexibility index (Phi) is 7.38. The summed E-state index contributed by atoms with van der Waals surface area (Å²) in [5.74, 6) is -1.00. The molecule has 0 saturated carbocycles. The fraction of sp³-hybridized carbons (Fsp3) is 0.280. The minimum Gasteiger partial charge on any atom is -0.370 e. The molecule has 0 bridgehead atoms. The van der Waals surface area contributed by atoms with Crippen molar-refractivity contribution < 1.29 is 19.1 Å². The molecule has 2 aliphatic heterocycles. The fourth-order valence-electron chi connectivity index (χ4n) is 4.47. The third-order valence-electron chi connectivity index (χ3n) is 6.24. The summed E-state index contributed by atoms with van der Waals surface area (Å²) in [4.78, 5) is 47.0. The zero-order valence-electron chi connectivity index (χ0n) is 19.0. The SMILES string of the molecule is O=C(NC1CN(c2ccc(N3CCOCC3=O)c(Cl)c2)C(=O)C1Cc1ccccn1)c1ccc(Br)s1. The number of aromatic nitrogens is 1. The number of halogens is 2. The van der Waals surface area contributed by atoms with E-state index in [2.05, 4.69) is 26.2 Å². The molecule has 3 amide bonds. The second-order valence-electron chi connectivity index (χ2n) is 8.50. The average molecular weight is 590 g/mol. The van der Waals surface area contributed by atoms with E-state index in [1.54, 1.807) is 40.3 Å². The van der Waals surface area contributed by atoms with Crippen LogP contribution in [0, 0.1) is 5.92 Å². The summed E-state index contributed by atoms with van der Waals surface area (Å²) in [6.45, 7) is 1.16. The van der Waals surface area contributed by atoms with Gasteiger partial charge in [0.2, 0.25) is 5.91 Å². The lowest BCUT2D eigenvalue weighted by atomic mass is 9.96. The molecule has 2 saturated heterocycles. The highest BCUT2D eigenvalue weighted by molar-refractivity contribution is 9.11. The minimum atomic E-state index is -0.494. The Hall–Kier alpha value is -2.79. The van der Waals surface area contributed by atoms with Crippen LogP contribution in [-0.2, 0) is 20.7 Å². The number of carbonyl (C=O) groups is 3. The van der Waals surface area contributed by atoms with Crippen LogP contribution in [0.4, 0.5) is 11.4 Å². The van der Waals surface area contributed by atoms with Crippen molar-refractivity contribution in [2.45, 2.75) is 12.5 Å². The molecule has 186 valence electrons. The van der Waals surface area contributed by atoms with Crippen LogP contribution in [0.25, 0.3) is 0 Å². The second kappa shape index (κ2) is 10.7. The number of benzene rings is 1. The molecule has 2 unspecified atom stereocenters. The van der Waals surface area contributed by atoms with Gasteiger partial charge in [0, 0.05) is 37.1 Å². The van der Waals surface area contributed by atoms with Gasteiger partial charge in [-0.2, -0.15) is 0 Å². The van der Waals surface area contributed by atoms with Crippen LogP contribution >= 0.6 is 38.9 Å². The molecule has 2 atom stereocenters. The maximum Gasteiger partial charge on any atom is 0.261 e. The van der Waals surface area contributed by atoms with Crippen LogP contribution in [0.3, 0.4) is 0 Å². The van der Waals surface area contributed by atoms with Gasteiger partial charge in [-0.1, -0.05) is 17.7 Å². The summed E-state index contributed by atoms with van der Waals surface area (Å²) in [5.41, 5.74) is 1.96. The summed E-state index contributed by atoms with van der Waals surface area (Å²) in [7, 11) is 0. The van der Waals surface area contributed by atoms with Crippen molar-refractivity contribution >= 4 is 68.0 Å². The molecule has 2 aromatic heterocycles. The first-order valence-corrected chi connectivity index (χ1v) is 13.3. The van der Waals surface area contributed by atoms with Crippen molar-refractivity contribution in [1.82, 2.24) is 10.3 Å². The van der Waals surface area contributed by atoms with Gasteiger partial charge in [0.1, 0.15) is 6.61 Å². The first-order valence-electron chi connectivity index (χ1n) is 11.4. The van der Waals surface area contributed by atoms with E-state index >= 15 is 0 Å². The number of morpholine rings is 1. The minimum absolute atomic E-state index is 0.0140. The lowest BCUT2D eigenvalue weighted by Gasteiger charge is -2.28. The van der Waals surface area contributed by atoms with Crippen LogP contribution in [-0.4, -0.2) is 55.1 Å². The summed E-state index contributed by atoms with van der Waals surface area (Å²) >= 11 is 11.3. The summed E-state index contributed by atoms with van der Waals surface area (Å²) in [6.07, 6.45) is 2.08. The van der Waals surface area contributed by atoms with Crippen LogP contribution in [0.2, 0.25) is 5.02 Å². The Labute approximate surface area is 225 Å². The van der Waals surface area contributed by atoms with Gasteiger partial charge in [-0.3, -0.25) is 19.4 Å². The van der Waals surface area contributed by atoms with Crippen molar-refractivity contribution in [3.8, 4) is 0 Å². The van der Waals surface area contributed by atoms with Gasteiger partial charge in [-0.05, 0) is 58.4 Å². The van der Waals surface area contributed by atoms with Crippen molar-refractivity contribution in [3.05, 3.63) is 74.1 Å². The van der Waals surface area contributed by atoms with Gasteiger partial charge in [0.15, 0.2) is 0 Å². The topological polar surface area (TPSA) is 91.8 Å². The highest BCUT2D eigenvalue weighted by Gasteiger charge is 2.42. The van der Waals surface area contributed by atoms with Gasteiger partial charge in [-0.25, -0.2) is 0 Å². The fourth-order valence-corrected chi connectivity index (χ4v) is 6.04. The number of pyridine rings is 1. The van der Waals surface area contributed by atoms with E-state index in [-0.39, 0.29) is 24.3 Å². The van der Waals surface area contributed by atoms with E-state index in [1.807, 2.05) is 24.3 Å². The van der Waals surface area contributed by atoms with Crippen molar-refractivity contribution in [2.75, 3.05) is 36.1 Å². The largest absolute Gasteiger partial charge is 0.370 e. The molecule has 2 aliphatic rings. The highest BCUT2D eigenvalue weighted by atomic mass is 79.9. The van der Waals surface area contributed by atoms with Gasteiger partial charge >= 0.3 is 0 Å². The van der Waals surface area contributed by atoms with Crippen molar-refractivity contribution in [2.24, 2.45) is 5.92 Å². The number of hydrogen-bond donors (Lipinski definition) is 1. The number of nitrogens with one attached hydrogen (secondary N) is 1. The van der Waals surface area contributed by atoms with E-state index in [4.69, 9.17) is 16.3 Å². The van der Waals surface area contributed by atoms with Gasteiger partial charge in [0.25, 0.3) is 11.8 Å². The zero-order chi connectivity index (χ0) is 25.2. The normalized spacial score (nSPS) is 20.2. The van der Waals surface area contributed by atoms with Crippen LogP contribution in [0.1, 0.15) is 15.4 Å². The van der Waals surface area contributed by atoms with E-state index < -0.39 is 12.0 Å². The van der Waals surface area contributed by atoms with Gasteiger partial charge in [-0.15, -0.1) is 11.3 Å². The Morgan fingerprint density at radius 1 is 1.19 bits per heavy atom. The molecule has 8 nitrogen and oxygen atoms in total. The first-order chi connectivity index (χ1) is 17.4. The summed E-state index contributed by atoms with van der Waals surface area (Å²) < 4.78 is 6.06. The molecule has 5 rings (SSSR count). The van der Waals surface area contributed by atoms with E-state index in [0.717, 1.165) is 9.48 Å². The van der Waals surface area contributed by atoms with E-state index in [1.165, 1.54) is 11.3 Å². The number of carbonyl (C=O) groups excluding carboxylic acids is 3. The molecular formula is C25H22BrClN4O4S. The predicted octanol–water partition coefficient (Wildman–Crippen LogP) is 3.93. The Morgan fingerprint density at radius 2 is 2.06 bits per heavy atom. The summed E-state index contributed by atoms with van der Waals surface area (Å²) in [5, 5.41) is 3.42. The maximum absolute atomic E-state index is 13.6.